The van der Waals surface area contributed by atoms with Gasteiger partial charge >= 0.3 is 0 Å². The molecule has 0 aliphatic rings. The van der Waals surface area contributed by atoms with Crippen molar-refractivity contribution < 1.29 is 14.0 Å². The van der Waals surface area contributed by atoms with Crippen LogP contribution >= 0.6 is 0 Å². The van der Waals surface area contributed by atoms with E-state index in [0.29, 0.717) is 26.1 Å². The van der Waals surface area contributed by atoms with Gasteiger partial charge < -0.3 is 14.2 Å². The van der Waals surface area contributed by atoms with Gasteiger partial charge in [0.1, 0.15) is 5.76 Å². The highest BCUT2D eigenvalue weighted by Gasteiger charge is 2.22. The van der Waals surface area contributed by atoms with Gasteiger partial charge in [0.2, 0.25) is 11.8 Å². The van der Waals surface area contributed by atoms with Crippen molar-refractivity contribution in [3.63, 3.8) is 0 Å². The molecule has 3 aromatic rings. The summed E-state index contributed by atoms with van der Waals surface area (Å²) in [7, 11) is 0. The van der Waals surface area contributed by atoms with Gasteiger partial charge in [0.05, 0.1) is 25.8 Å². The fourth-order valence-electron chi connectivity index (χ4n) is 3.50. The Hall–Kier alpha value is -3.34. The molecule has 0 aliphatic carbocycles. The minimum atomic E-state index is -0.0674. The Morgan fingerprint density at radius 1 is 0.774 bits per heavy atom. The summed E-state index contributed by atoms with van der Waals surface area (Å²) < 4.78 is 5.47. The van der Waals surface area contributed by atoms with Crippen molar-refractivity contribution in [1.82, 2.24) is 9.80 Å². The highest BCUT2D eigenvalue weighted by molar-refractivity contribution is 5.86. The molecular weight excluding hydrogens is 388 g/mol. The van der Waals surface area contributed by atoms with E-state index in [4.69, 9.17) is 4.42 Å². The Bertz CT molecular complexity index is 924. The maximum atomic E-state index is 13.2. The van der Waals surface area contributed by atoms with E-state index in [2.05, 4.69) is 12.1 Å². The fourth-order valence-corrected chi connectivity index (χ4v) is 3.50. The summed E-state index contributed by atoms with van der Waals surface area (Å²) in [6, 6.07) is 23.4. The second-order valence-corrected chi connectivity index (χ2v) is 7.61. The number of carbonyl (C=O) groups excluding carboxylic acids is 2. The van der Waals surface area contributed by atoms with E-state index in [0.717, 1.165) is 24.2 Å². The Kier molecular flexibility index (Phi) is 8.47. The lowest BCUT2D eigenvalue weighted by atomic mass is 10.1. The number of carbonyl (C=O) groups is 2. The summed E-state index contributed by atoms with van der Waals surface area (Å²) in [6.45, 7) is 3.62. The van der Waals surface area contributed by atoms with Crippen molar-refractivity contribution in [3.8, 4) is 0 Å². The molecule has 5 nitrogen and oxygen atoms in total. The van der Waals surface area contributed by atoms with E-state index in [9.17, 15) is 9.59 Å². The number of benzene rings is 2. The van der Waals surface area contributed by atoms with E-state index >= 15 is 0 Å². The molecule has 0 fully saturated rings. The first kappa shape index (κ1) is 22.3. The van der Waals surface area contributed by atoms with Crippen LogP contribution < -0.4 is 0 Å². The van der Waals surface area contributed by atoms with E-state index in [1.54, 1.807) is 16.1 Å². The van der Waals surface area contributed by atoms with Crippen molar-refractivity contribution in [2.24, 2.45) is 0 Å². The van der Waals surface area contributed by atoms with Gasteiger partial charge in [0.25, 0.3) is 0 Å². The van der Waals surface area contributed by atoms with Crippen LogP contribution in [0, 0.1) is 0 Å². The number of amides is 2. The Morgan fingerprint density at radius 3 is 2.06 bits per heavy atom. The van der Waals surface area contributed by atoms with Gasteiger partial charge in [-0.3, -0.25) is 9.59 Å². The topological polar surface area (TPSA) is 53.8 Å². The summed E-state index contributed by atoms with van der Waals surface area (Å²) in [6.07, 6.45) is 3.47. The quantitative estimate of drug-likeness (QED) is 0.466. The van der Waals surface area contributed by atoms with Crippen LogP contribution in [0.25, 0.3) is 0 Å². The Morgan fingerprint density at radius 2 is 1.45 bits per heavy atom. The summed E-state index contributed by atoms with van der Waals surface area (Å²) in [4.78, 5) is 29.6. The van der Waals surface area contributed by atoms with Crippen molar-refractivity contribution in [2.45, 2.75) is 32.7 Å². The molecule has 0 saturated heterocycles. The smallest absolute Gasteiger partial charge is 0.242 e. The van der Waals surface area contributed by atoms with Crippen LogP contribution in [0.3, 0.4) is 0 Å². The second-order valence-electron chi connectivity index (χ2n) is 7.61. The van der Waals surface area contributed by atoms with Crippen LogP contribution in [-0.2, 0) is 29.0 Å². The van der Waals surface area contributed by atoms with Gasteiger partial charge in [0.15, 0.2) is 0 Å². The number of nitrogens with zero attached hydrogens (tertiary/aromatic N) is 2. The monoisotopic (exact) mass is 418 g/mol. The van der Waals surface area contributed by atoms with Gasteiger partial charge in [-0.1, -0.05) is 67.6 Å². The van der Waals surface area contributed by atoms with Crippen LogP contribution in [-0.4, -0.2) is 41.2 Å². The Labute approximate surface area is 184 Å². The third-order valence-corrected chi connectivity index (χ3v) is 5.16. The van der Waals surface area contributed by atoms with Crippen molar-refractivity contribution in [3.05, 3.63) is 95.9 Å². The predicted molar refractivity (Wildman–Crippen MR) is 121 cm³/mol. The van der Waals surface area contributed by atoms with Crippen molar-refractivity contribution in [1.29, 1.82) is 0 Å². The molecule has 0 spiro atoms. The fraction of sp³-hybridized carbons (Fsp3) is 0.308. The second kappa shape index (κ2) is 11.7. The molecule has 0 aliphatic heterocycles. The molecule has 1 heterocycles. The highest BCUT2D eigenvalue weighted by atomic mass is 16.3. The van der Waals surface area contributed by atoms with Crippen molar-refractivity contribution >= 4 is 11.8 Å². The number of hydrogen-bond acceptors (Lipinski definition) is 3. The first-order valence-electron chi connectivity index (χ1n) is 10.8. The zero-order valence-electron chi connectivity index (χ0n) is 18.1. The highest BCUT2D eigenvalue weighted by Crippen LogP contribution is 2.10. The van der Waals surface area contributed by atoms with E-state index < -0.39 is 0 Å². The molecule has 5 heteroatoms. The maximum Gasteiger partial charge on any atom is 0.242 e. The molecule has 0 saturated carbocycles. The molecule has 0 unspecified atom stereocenters. The van der Waals surface area contributed by atoms with Crippen LogP contribution in [0.5, 0.6) is 0 Å². The van der Waals surface area contributed by atoms with Gasteiger partial charge in [-0.2, -0.15) is 0 Å². The molecule has 0 bridgehead atoms. The van der Waals surface area contributed by atoms with E-state index in [1.165, 1.54) is 5.56 Å². The van der Waals surface area contributed by atoms with Crippen LogP contribution in [0.4, 0.5) is 0 Å². The standard InChI is InChI=1S/C26H30N2O3/c1-2-16-27(25(29)19-23-12-7-4-8-13-23)21-26(30)28(20-24-14-9-18-31-24)17-15-22-10-5-3-6-11-22/h3-14,18H,2,15-17,19-21H2,1H3. The minimum Gasteiger partial charge on any atom is -0.467 e. The number of hydrogen-bond donors (Lipinski definition) is 0. The van der Waals surface area contributed by atoms with Crippen LogP contribution in [0.1, 0.15) is 30.2 Å². The van der Waals surface area contributed by atoms with Gasteiger partial charge in [0, 0.05) is 13.1 Å². The largest absolute Gasteiger partial charge is 0.467 e. The molecular formula is C26H30N2O3. The number of furan rings is 1. The zero-order chi connectivity index (χ0) is 21.9. The third-order valence-electron chi connectivity index (χ3n) is 5.16. The maximum absolute atomic E-state index is 13.2. The lowest BCUT2D eigenvalue weighted by Crippen LogP contribution is -2.44. The van der Waals surface area contributed by atoms with E-state index in [-0.39, 0.29) is 18.4 Å². The molecule has 162 valence electrons. The minimum absolute atomic E-state index is 0.0255. The molecule has 3 rings (SSSR count). The van der Waals surface area contributed by atoms with Crippen LogP contribution in [0.15, 0.2) is 83.5 Å². The first-order valence-corrected chi connectivity index (χ1v) is 10.8. The van der Waals surface area contributed by atoms with Crippen molar-refractivity contribution in [2.75, 3.05) is 19.6 Å². The molecule has 31 heavy (non-hydrogen) atoms. The Balaban J connectivity index is 1.67. The van der Waals surface area contributed by atoms with Gasteiger partial charge in [-0.05, 0) is 36.1 Å². The SMILES string of the molecule is CCCN(CC(=O)N(CCc1ccccc1)Cc1ccco1)C(=O)Cc1ccccc1. The molecule has 0 atom stereocenters. The molecule has 2 aromatic carbocycles. The van der Waals surface area contributed by atoms with Gasteiger partial charge in [-0.15, -0.1) is 0 Å². The zero-order valence-corrected chi connectivity index (χ0v) is 18.1. The predicted octanol–water partition coefficient (Wildman–Crippen LogP) is 4.33. The lowest BCUT2D eigenvalue weighted by Gasteiger charge is -2.27. The normalized spacial score (nSPS) is 10.6. The van der Waals surface area contributed by atoms with E-state index in [1.807, 2.05) is 67.6 Å². The number of rotatable bonds is 11. The van der Waals surface area contributed by atoms with Gasteiger partial charge in [-0.25, -0.2) is 0 Å². The lowest BCUT2D eigenvalue weighted by molar-refractivity contribution is -0.140. The van der Waals surface area contributed by atoms with Crippen LogP contribution in [0.2, 0.25) is 0 Å². The summed E-state index contributed by atoms with van der Waals surface area (Å²) >= 11 is 0. The molecule has 1 aromatic heterocycles. The first-order chi connectivity index (χ1) is 15.2. The molecule has 0 N–H and O–H groups in total. The average Bonchev–Trinajstić information content (AvgIpc) is 3.31. The summed E-state index contributed by atoms with van der Waals surface area (Å²) in [5.41, 5.74) is 2.13. The molecule has 2 amide bonds. The third kappa shape index (κ3) is 7.14. The molecule has 0 radical (unpaired) electrons. The average molecular weight is 419 g/mol. The summed E-state index contributed by atoms with van der Waals surface area (Å²) in [5, 5.41) is 0. The summed E-state index contributed by atoms with van der Waals surface area (Å²) in [5.74, 6) is 0.642.